The number of nitro groups is 1. The molecule has 0 aliphatic heterocycles. The van der Waals surface area contributed by atoms with Gasteiger partial charge in [0.05, 0.1) is 6.54 Å². The molecule has 0 aliphatic rings. The van der Waals surface area contributed by atoms with Crippen LogP contribution in [0.1, 0.15) is 21.7 Å². The summed E-state index contributed by atoms with van der Waals surface area (Å²) in [5.74, 6) is -0.836. The first-order chi connectivity index (χ1) is 11.3. The minimum Gasteiger partial charge on any atom is -0.490 e. The third kappa shape index (κ3) is 3.87. The molecule has 0 aliphatic carbocycles. The molecule has 1 unspecified atom stereocenters. The second kappa shape index (κ2) is 7.09. The van der Waals surface area contributed by atoms with Gasteiger partial charge in [0.1, 0.15) is 30.2 Å². The van der Waals surface area contributed by atoms with Gasteiger partial charge in [0, 0.05) is 6.92 Å². The normalized spacial score (nSPS) is 12.0. The molecule has 0 radical (unpaired) electrons. The predicted octanol–water partition coefficient (Wildman–Crippen LogP) is 1.55. The van der Waals surface area contributed by atoms with Crippen molar-refractivity contribution in [2.24, 2.45) is 0 Å². The number of benzene rings is 1. The Bertz CT molecular complexity index is 771. The minimum atomic E-state index is -1.12. The van der Waals surface area contributed by atoms with Gasteiger partial charge in [-0.15, -0.1) is 0 Å². The fraction of sp³-hybridized carbons (Fsp3) is 0.333. The first-order valence-electron chi connectivity index (χ1n) is 7.11. The van der Waals surface area contributed by atoms with Crippen LogP contribution < -0.4 is 4.74 Å². The maximum absolute atomic E-state index is 11.2. The quantitative estimate of drug-likeness (QED) is 0.580. The lowest BCUT2D eigenvalue weighted by Gasteiger charge is -2.16. The Morgan fingerprint density at radius 3 is 2.75 bits per heavy atom. The zero-order valence-electron chi connectivity index (χ0n) is 13.2. The molecule has 0 fully saturated rings. The Kier molecular flexibility index (Phi) is 5.14. The maximum Gasteiger partial charge on any atom is 0.381 e. The van der Waals surface area contributed by atoms with Gasteiger partial charge >= 0.3 is 11.8 Å². The van der Waals surface area contributed by atoms with Crippen molar-refractivity contribution in [3.05, 3.63) is 51.5 Å². The lowest BCUT2D eigenvalue weighted by molar-refractivity contribution is -0.389. The van der Waals surface area contributed by atoms with E-state index in [1.54, 1.807) is 26.0 Å². The van der Waals surface area contributed by atoms with Crippen molar-refractivity contribution >= 4 is 11.8 Å². The standard InChI is InChI=1S/C15H17N3O6/c1-9-4-3-5-12(15(20)21)14(9)24-8-11(19)6-17-7-13(18(22)23)16-10(17)2/h3-5,7,11,19H,6,8H2,1-2H3,(H,20,21). The van der Waals surface area contributed by atoms with E-state index in [9.17, 15) is 20.0 Å². The van der Waals surface area contributed by atoms with Crippen molar-refractivity contribution < 1.29 is 24.7 Å². The van der Waals surface area contributed by atoms with Crippen LogP contribution >= 0.6 is 0 Å². The summed E-state index contributed by atoms with van der Waals surface area (Å²) in [7, 11) is 0. The van der Waals surface area contributed by atoms with Crippen molar-refractivity contribution in [3.63, 3.8) is 0 Å². The number of aryl methyl sites for hydroxylation is 2. The van der Waals surface area contributed by atoms with Gasteiger partial charge in [-0.05, 0) is 28.5 Å². The van der Waals surface area contributed by atoms with Crippen LogP contribution in [0.4, 0.5) is 5.82 Å². The van der Waals surface area contributed by atoms with E-state index in [1.165, 1.54) is 16.8 Å². The molecule has 0 spiro atoms. The van der Waals surface area contributed by atoms with E-state index in [4.69, 9.17) is 9.84 Å². The molecule has 9 nitrogen and oxygen atoms in total. The summed E-state index contributed by atoms with van der Waals surface area (Å²) in [5.41, 5.74) is 0.646. The summed E-state index contributed by atoms with van der Waals surface area (Å²) in [4.78, 5) is 25.0. The number of ether oxygens (including phenoxy) is 1. The third-order valence-corrected chi connectivity index (χ3v) is 3.42. The number of carbonyl (C=O) groups is 1. The molecule has 9 heteroatoms. The third-order valence-electron chi connectivity index (χ3n) is 3.42. The minimum absolute atomic E-state index is 0.0108. The van der Waals surface area contributed by atoms with Crippen molar-refractivity contribution in [3.8, 4) is 5.75 Å². The lowest BCUT2D eigenvalue weighted by Crippen LogP contribution is -2.24. The van der Waals surface area contributed by atoms with Gasteiger partial charge in [0.15, 0.2) is 0 Å². The van der Waals surface area contributed by atoms with Gasteiger partial charge in [0.2, 0.25) is 5.82 Å². The Balaban J connectivity index is 2.05. The molecule has 0 saturated carbocycles. The molecule has 0 saturated heterocycles. The summed E-state index contributed by atoms with van der Waals surface area (Å²) in [6.07, 6.45) is 0.244. The molecule has 1 heterocycles. The Morgan fingerprint density at radius 1 is 1.46 bits per heavy atom. The van der Waals surface area contributed by atoms with E-state index in [0.717, 1.165) is 0 Å². The topological polar surface area (TPSA) is 128 Å². The second-order valence-electron chi connectivity index (χ2n) is 5.28. The van der Waals surface area contributed by atoms with Crippen LogP contribution in [0.2, 0.25) is 0 Å². The van der Waals surface area contributed by atoms with E-state index >= 15 is 0 Å². The number of aliphatic hydroxyl groups excluding tert-OH is 1. The van der Waals surface area contributed by atoms with Crippen LogP contribution in [0.15, 0.2) is 24.4 Å². The first-order valence-corrected chi connectivity index (χ1v) is 7.11. The largest absolute Gasteiger partial charge is 0.490 e. The zero-order chi connectivity index (χ0) is 17.9. The van der Waals surface area contributed by atoms with Crippen LogP contribution in [0.25, 0.3) is 0 Å². The number of aliphatic hydroxyl groups is 1. The fourth-order valence-corrected chi connectivity index (χ4v) is 2.24. The molecule has 0 amide bonds. The second-order valence-corrected chi connectivity index (χ2v) is 5.28. The highest BCUT2D eigenvalue weighted by Crippen LogP contribution is 2.23. The van der Waals surface area contributed by atoms with E-state index in [1.807, 2.05) is 0 Å². The number of para-hydroxylation sites is 1. The number of rotatable bonds is 7. The van der Waals surface area contributed by atoms with Crippen molar-refractivity contribution in [1.82, 2.24) is 9.55 Å². The molecule has 1 aromatic heterocycles. The van der Waals surface area contributed by atoms with Crippen LogP contribution in [0.3, 0.4) is 0 Å². The van der Waals surface area contributed by atoms with Gasteiger partial charge < -0.3 is 29.6 Å². The number of hydrogen-bond acceptors (Lipinski definition) is 6. The van der Waals surface area contributed by atoms with Gasteiger partial charge in [0.25, 0.3) is 0 Å². The number of aromatic carboxylic acids is 1. The van der Waals surface area contributed by atoms with Crippen LogP contribution in [0, 0.1) is 24.0 Å². The average Bonchev–Trinajstić information content (AvgIpc) is 2.87. The molecule has 0 bridgehead atoms. The van der Waals surface area contributed by atoms with Gasteiger partial charge in [-0.25, -0.2) is 4.79 Å². The number of nitrogens with zero attached hydrogens (tertiary/aromatic N) is 3. The highest BCUT2D eigenvalue weighted by atomic mass is 16.6. The molecular formula is C15H17N3O6. The SMILES string of the molecule is Cc1cccc(C(=O)O)c1OCC(O)Cn1cc([N+](=O)[O-])nc1C. The highest BCUT2D eigenvalue weighted by Gasteiger charge is 2.19. The van der Waals surface area contributed by atoms with Gasteiger partial charge in [-0.3, -0.25) is 0 Å². The Hall–Kier alpha value is -2.94. The smallest absolute Gasteiger partial charge is 0.381 e. The van der Waals surface area contributed by atoms with Crippen molar-refractivity contribution in [2.75, 3.05) is 6.61 Å². The first kappa shape index (κ1) is 17.4. The molecule has 1 atom stereocenters. The number of carboxylic acids is 1. The molecule has 1 aromatic carbocycles. The lowest BCUT2D eigenvalue weighted by atomic mass is 10.1. The molecule has 24 heavy (non-hydrogen) atoms. The summed E-state index contributed by atoms with van der Waals surface area (Å²) in [6.45, 7) is 3.18. The summed E-state index contributed by atoms with van der Waals surface area (Å²) < 4.78 is 6.91. The number of carboxylic acid groups (broad SMARTS) is 1. The number of imidazole rings is 1. The van der Waals surface area contributed by atoms with Crippen LogP contribution in [0.5, 0.6) is 5.75 Å². The van der Waals surface area contributed by atoms with E-state index in [0.29, 0.717) is 11.4 Å². The highest BCUT2D eigenvalue weighted by molar-refractivity contribution is 5.91. The molecule has 2 aromatic rings. The Morgan fingerprint density at radius 2 is 2.17 bits per heavy atom. The van der Waals surface area contributed by atoms with Crippen LogP contribution in [-0.2, 0) is 6.54 Å². The Labute approximate surface area is 137 Å². The monoisotopic (exact) mass is 335 g/mol. The molecular weight excluding hydrogens is 318 g/mol. The van der Waals surface area contributed by atoms with Crippen molar-refractivity contribution in [1.29, 1.82) is 0 Å². The maximum atomic E-state index is 11.2. The predicted molar refractivity (Wildman–Crippen MR) is 83.3 cm³/mol. The number of aromatic nitrogens is 2. The zero-order valence-corrected chi connectivity index (χ0v) is 13.2. The molecule has 2 rings (SSSR count). The van der Waals surface area contributed by atoms with E-state index in [2.05, 4.69) is 4.98 Å². The van der Waals surface area contributed by atoms with E-state index in [-0.39, 0.29) is 30.3 Å². The summed E-state index contributed by atoms with van der Waals surface area (Å²) in [6, 6.07) is 4.73. The number of hydrogen-bond donors (Lipinski definition) is 2. The van der Waals surface area contributed by atoms with Gasteiger partial charge in [-0.2, -0.15) is 0 Å². The average molecular weight is 335 g/mol. The summed E-state index contributed by atoms with van der Waals surface area (Å²) >= 11 is 0. The van der Waals surface area contributed by atoms with E-state index < -0.39 is 17.0 Å². The summed E-state index contributed by atoms with van der Waals surface area (Å²) in [5, 5.41) is 29.9. The fourth-order valence-electron chi connectivity index (χ4n) is 2.24. The van der Waals surface area contributed by atoms with Gasteiger partial charge in [-0.1, -0.05) is 12.1 Å². The van der Waals surface area contributed by atoms with Crippen molar-refractivity contribution in [2.45, 2.75) is 26.5 Å². The molecule has 128 valence electrons. The van der Waals surface area contributed by atoms with Crippen LogP contribution in [-0.4, -0.2) is 43.4 Å². The molecule has 2 N–H and O–H groups in total.